The first-order chi connectivity index (χ1) is 8.86. The first-order valence-electron chi connectivity index (χ1n) is 5.87. The molecular weight excluding hydrogens is 222 g/mol. The monoisotopic (exact) mass is 231 g/mol. The van der Waals surface area contributed by atoms with Gasteiger partial charge in [-0.2, -0.15) is 0 Å². The lowest BCUT2D eigenvalue weighted by atomic mass is 9.98. The largest absolute Gasteiger partial charge is 0.289 e. The van der Waals surface area contributed by atoms with Crippen molar-refractivity contribution in [1.82, 2.24) is 4.98 Å². The van der Waals surface area contributed by atoms with Crippen LogP contribution in [-0.2, 0) is 0 Å². The second-order valence-electron chi connectivity index (χ2n) is 4.46. The molecule has 0 saturated heterocycles. The number of benzene rings is 2. The lowest BCUT2D eigenvalue weighted by Gasteiger charge is -2.05. The zero-order chi connectivity index (χ0) is 12.1. The smallest absolute Gasteiger partial charge is 0.195 e. The maximum absolute atomic E-state index is 12.3. The van der Waals surface area contributed by atoms with Gasteiger partial charge in [0.1, 0.15) is 0 Å². The second kappa shape index (κ2) is 3.26. The quantitative estimate of drug-likeness (QED) is 0.464. The third kappa shape index (κ3) is 1.07. The Labute approximate surface area is 104 Å². The highest BCUT2D eigenvalue weighted by Crippen LogP contribution is 2.40. The van der Waals surface area contributed by atoms with Gasteiger partial charge >= 0.3 is 0 Å². The molecule has 2 aromatic carbocycles. The standard InChI is InChI=1S/C16H9NO/c18-16-13-6-5-10-3-1-2-4-11(10)15(13)12-7-8-17-9-14(12)16/h1-9H. The first kappa shape index (κ1) is 9.54. The third-order valence-electron chi connectivity index (χ3n) is 3.51. The van der Waals surface area contributed by atoms with Crippen LogP contribution in [0.5, 0.6) is 0 Å². The van der Waals surface area contributed by atoms with Crippen molar-refractivity contribution < 1.29 is 4.79 Å². The van der Waals surface area contributed by atoms with Crippen LogP contribution in [0.2, 0.25) is 0 Å². The van der Waals surface area contributed by atoms with E-state index >= 15 is 0 Å². The maximum atomic E-state index is 12.3. The Morgan fingerprint density at radius 2 is 1.72 bits per heavy atom. The van der Waals surface area contributed by atoms with Gasteiger partial charge in [0.2, 0.25) is 0 Å². The van der Waals surface area contributed by atoms with Crippen molar-refractivity contribution in [1.29, 1.82) is 0 Å². The van der Waals surface area contributed by atoms with E-state index in [0.29, 0.717) is 5.56 Å². The molecule has 1 aliphatic carbocycles. The molecule has 2 heteroatoms. The van der Waals surface area contributed by atoms with E-state index in [1.807, 2.05) is 30.3 Å². The van der Waals surface area contributed by atoms with Gasteiger partial charge in [0.15, 0.2) is 5.78 Å². The summed E-state index contributed by atoms with van der Waals surface area (Å²) in [6, 6.07) is 14.0. The molecule has 0 unspecified atom stereocenters. The Morgan fingerprint density at radius 3 is 2.67 bits per heavy atom. The van der Waals surface area contributed by atoms with Gasteiger partial charge in [-0.05, 0) is 28.5 Å². The van der Waals surface area contributed by atoms with Gasteiger partial charge in [0, 0.05) is 29.1 Å². The molecule has 0 bridgehead atoms. The summed E-state index contributed by atoms with van der Waals surface area (Å²) >= 11 is 0. The Morgan fingerprint density at radius 1 is 0.833 bits per heavy atom. The molecule has 3 aromatic rings. The SMILES string of the molecule is O=C1c2cnccc2-c2c1ccc1ccccc21. The lowest BCUT2D eigenvalue weighted by molar-refractivity contribution is 0.104. The van der Waals surface area contributed by atoms with Crippen LogP contribution in [0.15, 0.2) is 54.9 Å². The molecule has 0 N–H and O–H groups in total. The predicted molar refractivity (Wildman–Crippen MR) is 70.6 cm³/mol. The number of rotatable bonds is 0. The van der Waals surface area contributed by atoms with Crippen LogP contribution in [0.3, 0.4) is 0 Å². The highest BCUT2D eigenvalue weighted by atomic mass is 16.1. The van der Waals surface area contributed by atoms with Gasteiger partial charge in [-0.3, -0.25) is 9.78 Å². The zero-order valence-corrected chi connectivity index (χ0v) is 9.55. The van der Waals surface area contributed by atoms with Crippen LogP contribution < -0.4 is 0 Å². The summed E-state index contributed by atoms with van der Waals surface area (Å²) in [5.74, 6) is 0.0823. The van der Waals surface area contributed by atoms with Crippen LogP contribution in [0.4, 0.5) is 0 Å². The van der Waals surface area contributed by atoms with Crippen molar-refractivity contribution in [2.24, 2.45) is 0 Å². The topological polar surface area (TPSA) is 30.0 Å². The maximum Gasteiger partial charge on any atom is 0.195 e. The molecule has 0 saturated carbocycles. The van der Waals surface area contributed by atoms with E-state index in [0.717, 1.165) is 27.5 Å². The molecule has 4 rings (SSSR count). The summed E-state index contributed by atoms with van der Waals surface area (Å²) in [6.45, 7) is 0. The molecule has 84 valence electrons. The first-order valence-corrected chi connectivity index (χ1v) is 5.87. The van der Waals surface area contributed by atoms with Crippen LogP contribution in [-0.4, -0.2) is 10.8 Å². The number of hydrogen-bond donors (Lipinski definition) is 0. The molecule has 1 heterocycles. The molecular formula is C16H9NO. The number of ketones is 1. The van der Waals surface area contributed by atoms with Crippen LogP contribution >= 0.6 is 0 Å². The summed E-state index contributed by atoms with van der Waals surface area (Å²) < 4.78 is 0. The average molecular weight is 231 g/mol. The van der Waals surface area contributed by atoms with Gasteiger partial charge in [0.05, 0.1) is 0 Å². The highest BCUT2D eigenvalue weighted by Gasteiger charge is 2.27. The van der Waals surface area contributed by atoms with Gasteiger partial charge in [-0.15, -0.1) is 0 Å². The summed E-state index contributed by atoms with van der Waals surface area (Å²) in [4.78, 5) is 16.3. The van der Waals surface area contributed by atoms with Crippen molar-refractivity contribution in [3.8, 4) is 11.1 Å². The minimum Gasteiger partial charge on any atom is -0.289 e. The van der Waals surface area contributed by atoms with E-state index in [-0.39, 0.29) is 5.78 Å². The van der Waals surface area contributed by atoms with Crippen molar-refractivity contribution in [2.45, 2.75) is 0 Å². The molecule has 0 spiro atoms. The fourth-order valence-electron chi connectivity index (χ4n) is 2.69. The molecule has 1 aliphatic rings. The summed E-state index contributed by atoms with van der Waals surface area (Å²) in [5.41, 5.74) is 3.55. The van der Waals surface area contributed by atoms with Crippen LogP contribution in [0, 0.1) is 0 Å². The number of nitrogens with zero attached hydrogens (tertiary/aromatic N) is 1. The second-order valence-corrected chi connectivity index (χ2v) is 4.46. The minimum absolute atomic E-state index is 0.0823. The lowest BCUT2D eigenvalue weighted by Crippen LogP contribution is -1.94. The number of hydrogen-bond acceptors (Lipinski definition) is 2. The van der Waals surface area contributed by atoms with Crippen molar-refractivity contribution >= 4 is 16.6 Å². The average Bonchev–Trinajstić information content (AvgIpc) is 2.73. The van der Waals surface area contributed by atoms with Crippen LogP contribution in [0.25, 0.3) is 21.9 Å². The molecule has 0 aliphatic heterocycles. The third-order valence-corrected chi connectivity index (χ3v) is 3.51. The van der Waals surface area contributed by atoms with E-state index in [1.165, 1.54) is 0 Å². The van der Waals surface area contributed by atoms with Gasteiger partial charge in [0.25, 0.3) is 0 Å². The highest BCUT2D eigenvalue weighted by molar-refractivity contribution is 6.25. The molecule has 2 nitrogen and oxygen atoms in total. The number of carbonyl (C=O) groups is 1. The predicted octanol–water partition coefficient (Wildman–Crippen LogP) is 3.45. The van der Waals surface area contributed by atoms with Crippen molar-refractivity contribution in [3.63, 3.8) is 0 Å². The number of pyridine rings is 1. The van der Waals surface area contributed by atoms with Gasteiger partial charge < -0.3 is 0 Å². The molecule has 1 aromatic heterocycles. The fourth-order valence-corrected chi connectivity index (χ4v) is 2.69. The van der Waals surface area contributed by atoms with E-state index in [9.17, 15) is 4.79 Å². The van der Waals surface area contributed by atoms with Crippen molar-refractivity contribution in [2.75, 3.05) is 0 Å². The summed E-state index contributed by atoms with van der Waals surface area (Å²) in [7, 11) is 0. The molecule has 18 heavy (non-hydrogen) atoms. The Hall–Kier alpha value is -2.48. The molecule has 0 amide bonds. The molecule has 0 radical (unpaired) electrons. The van der Waals surface area contributed by atoms with E-state index < -0.39 is 0 Å². The Kier molecular flexibility index (Phi) is 1.73. The number of fused-ring (bicyclic) bond motifs is 5. The summed E-state index contributed by atoms with van der Waals surface area (Å²) in [6.07, 6.45) is 3.40. The number of carbonyl (C=O) groups excluding carboxylic acids is 1. The molecule has 0 fully saturated rings. The van der Waals surface area contributed by atoms with E-state index in [2.05, 4.69) is 17.1 Å². The van der Waals surface area contributed by atoms with Gasteiger partial charge in [-0.1, -0.05) is 30.3 Å². The van der Waals surface area contributed by atoms with Crippen molar-refractivity contribution in [3.05, 3.63) is 66.0 Å². The summed E-state index contributed by atoms with van der Waals surface area (Å²) in [5, 5.41) is 2.29. The van der Waals surface area contributed by atoms with Gasteiger partial charge in [-0.25, -0.2) is 0 Å². The number of aromatic nitrogens is 1. The fraction of sp³-hybridized carbons (Fsp3) is 0. The van der Waals surface area contributed by atoms with Crippen LogP contribution in [0.1, 0.15) is 15.9 Å². The minimum atomic E-state index is 0.0823. The Balaban J connectivity index is 2.23. The Bertz CT molecular complexity index is 805. The zero-order valence-electron chi connectivity index (χ0n) is 9.55. The van der Waals surface area contributed by atoms with E-state index in [1.54, 1.807) is 12.4 Å². The normalized spacial score (nSPS) is 12.6. The molecule has 0 atom stereocenters. The van der Waals surface area contributed by atoms with E-state index in [4.69, 9.17) is 0 Å².